The third kappa shape index (κ3) is 4.33. The van der Waals surface area contributed by atoms with Crippen molar-refractivity contribution in [3.05, 3.63) is 22.8 Å². The van der Waals surface area contributed by atoms with Crippen molar-refractivity contribution in [2.45, 2.75) is 57.5 Å². The maximum Gasteiger partial charge on any atom is 0.147 e. The fraction of sp³-hybridized carbons (Fsp3) is 0.706. The predicted octanol–water partition coefficient (Wildman–Crippen LogP) is 4.00. The molecule has 1 aromatic heterocycles. The molecule has 0 spiro atoms. The summed E-state index contributed by atoms with van der Waals surface area (Å²) in [6, 6.07) is 2.79. The molecule has 0 radical (unpaired) electrons. The molecule has 3 rings (SSSR count). The number of hydrogen-bond acceptors (Lipinski definition) is 3. The third-order valence-electron chi connectivity index (χ3n) is 4.67. The zero-order chi connectivity index (χ0) is 14.7. The van der Waals surface area contributed by atoms with E-state index in [1.165, 1.54) is 50.5 Å². The van der Waals surface area contributed by atoms with Gasteiger partial charge in [0, 0.05) is 32.4 Å². The average molecular weight is 308 g/mol. The smallest absolute Gasteiger partial charge is 0.147 e. The highest BCUT2D eigenvalue weighted by molar-refractivity contribution is 6.33. The molecule has 116 valence electrons. The lowest BCUT2D eigenvalue weighted by Gasteiger charge is -2.28. The van der Waals surface area contributed by atoms with E-state index < -0.39 is 0 Å². The van der Waals surface area contributed by atoms with Crippen LogP contribution in [0.3, 0.4) is 0 Å². The molecule has 0 aliphatic heterocycles. The van der Waals surface area contributed by atoms with Crippen LogP contribution in [0.4, 0.5) is 5.82 Å². The van der Waals surface area contributed by atoms with Crippen LogP contribution in [0.5, 0.6) is 0 Å². The van der Waals surface area contributed by atoms with E-state index in [0.717, 1.165) is 35.9 Å². The van der Waals surface area contributed by atoms with Crippen molar-refractivity contribution in [3.8, 4) is 0 Å². The first-order valence-corrected chi connectivity index (χ1v) is 8.69. The van der Waals surface area contributed by atoms with Crippen molar-refractivity contribution in [2.24, 2.45) is 5.92 Å². The molecule has 2 aliphatic carbocycles. The van der Waals surface area contributed by atoms with E-state index in [1.54, 1.807) is 0 Å². The molecule has 0 bridgehead atoms. The van der Waals surface area contributed by atoms with Gasteiger partial charge >= 0.3 is 0 Å². The number of anilines is 1. The first kappa shape index (κ1) is 15.1. The topological polar surface area (TPSA) is 28.2 Å². The predicted molar refractivity (Wildman–Crippen MR) is 89.0 cm³/mol. The Morgan fingerprint density at radius 2 is 2.00 bits per heavy atom. The molecular weight excluding hydrogens is 282 g/mol. The van der Waals surface area contributed by atoms with Gasteiger partial charge in [-0.1, -0.05) is 30.9 Å². The molecule has 21 heavy (non-hydrogen) atoms. The largest absolute Gasteiger partial charge is 0.358 e. The minimum atomic E-state index is 0.720. The minimum absolute atomic E-state index is 0.720. The van der Waals surface area contributed by atoms with Crippen molar-refractivity contribution < 1.29 is 0 Å². The number of nitrogens with zero attached hydrogens (tertiary/aromatic N) is 2. The minimum Gasteiger partial charge on any atom is -0.358 e. The lowest BCUT2D eigenvalue weighted by atomic mass is 9.89. The molecule has 4 heteroatoms. The van der Waals surface area contributed by atoms with Crippen LogP contribution in [0.15, 0.2) is 12.3 Å². The molecule has 0 unspecified atom stereocenters. The van der Waals surface area contributed by atoms with Gasteiger partial charge in [-0.05, 0) is 43.2 Å². The Kier molecular flexibility index (Phi) is 5.02. The molecular formula is C17H26ClN3. The van der Waals surface area contributed by atoms with Gasteiger partial charge in [0.15, 0.2) is 0 Å². The fourth-order valence-electron chi connectivity index (χ4n) is 3.24. The monoisotopic (exact) mass is 307 g/mol. The van der Waals surface area contributed by atoms with E-state index in [4.69, 9.17) is 11.6 Å². The summed E-state index contributed by atoms with van der Waals surface area (Å²) in [4.78, 5) is 6.83. The van der Waals surface area contributed by atoms with Gasteiger partial charge in [0.25, 0.3) is 0 Å². The van der Waals surface area contributed by atoms with Crippen LogP contribution in [0, 0.1) is 5.92 Å². The van der Waals surface area contributed by atoms with Crippen molar-refractivity contribution in [3.63, 3.8) is 0 Å². The second-order valence-electron chi connectivity index (χ2n) is 6.69. The summed E-state index contributed by atoms with van der Waals surface area (Å²) in [5.41, 5.74) is 1.18. The summed E-state index contributed by atoms with van der Waals surface area (Å²) in [6.07, 6.45) is 11.5. The van der Waals surface area contributed by atoms with E-state index in [1.807, 2.05) is 6.20 Å². The summed E-state index contributed by atoms with van der Waals surface area (Å²) < 4.78 is 0. The number of pyridine rings is 1. The molecule has 0 saturated heterocycles. The number of nitrogens with one attached hydrogen (secondary N) is 1. The molecule has 0 amide bonds. The van der Waals surface area contributed by atoms with Gasteiger partial charge in [-0.3, -0.25) is 0 Å². The van der Waals surface area contributed by atoms with Gasteiger partial charge < -0.3 is 10.2 Å². The molecule has 2 saturated carbocycles. The molecule has 1 N–H and O–H groups in total. The lowest BCUT2D eigenvalue weighted by molar-refractivity contribution is 0.361. The van der Waals surface area contributed by atoms with Crippen molar-refractivity contribution in [1.82, 2.24) is 10.3 Å². The van der Waals surface area contributed by atoms with E-state index in [-0.39, 0.29) is 0 Å². The Bertz CT molecular complexity index is 467. The van der Waals surface area contributed by atoms with Crippen molar-refractivity contribution in [1.29, 1.82) is 0 Å². The van der Waals surface area contributed by atoms with Gasteiger partial charge in [0.1, 0.15) is 5.82 Å². The second-order valence-corrected chi connectivity index (χ2v) is 7.10. The third-order valence-corrected chi connectivity index (χ3v) is 4.95. The van der Waals surface area contributed by atoms with Crippen LogP contribution in [-0.4, -0.2) is 24.6 Å². The van der Waals surface area contributed by atoms with Gasteiger partial charge in [-0.25, -0.2) is 4.98 Å². The highest BCUT2D eigenvalue weighted by atomic mass is 35.5. The zero-order valence-corrected chi connectivity index (χ0v) is 13.7. The summed E-state index contributed by atoms with van der Waals surface area (Å²) >= 11 is 6.44. The SMILES string of the molecule is CN(CC1CCCCC1)c1ncc(CNC2CC2)cc1Cl. The summed E-state index contributed by atoms with van der Waals surface area (Å²) in [5.74, 6) is 1.73. The van der Waals surface area contributed by atoms with Gasteiger partial charge in [0.2, 0.25) is 0 Å². The summed E-state index contributed by atoms with van der Waals surface area (Å²) in [6.45, 7) is 1.95. The first-order valence-electron chi connectivity index (χ1n) is 8.31. The quantitative estimate of drug-likeness (QED) is 0.861. The first-order chi connectivity index (χ1) is 10.2. The molecule has 0 aromatic carbocycles. The van der Waals surface area contributed by atoms with Crippen LogP contribution in [-0.2, 0) is 6.54 Å². The normalized spacial score (nSPS) is 19.7. The zero-order valence-electron chi connectivity index (χ0n) is 12.9. The van der Waals surface area contributed by atoms with E-state index in [2.05, 4.69) is 28.3 Å². The van der Waals surface area contributed by atoms with Gasteiger partial charge in [0.05, 0.1) is 5.02 Å². The standard InChI is InChI=1S/C17H26ClN3/c1-21(12-13-5-3-2-4-6-13)17-16(18)9-14(11-20-17)10-19-15-7-8-15/h9,11,13,15,19H,2-8,10,12H2,1H3. The Labute approximate surface area is 133 Å². The van der Waals surface area contributed by atoms with Gasteiger partial charge in [-0.15, -0.1) is 0 Å². The highest BCUT2D eigenvalue weighted by Crippen LogP contribution is 2.28. The number of hydrogen-bond donors (Lipinski definition) is 1. The highest BCUT2D eigenvalue weighted by Gasteiger charge is 2.21. The molecule has 1 aromatic rings. The number of halogens is 1. The number of rotatable bonds is 6. The van der Waals surface area contributed by atoms with Crippen molar-refractivity contribution in [2.75, 3.05) is 18.5 Å². The summed E-state index contributed by atoms with van der Waals surface area (Å²) in [5, 5.41) is 4.28. The molecule has 0 atom stereocenters. The maximum atomic E-state index is 6.44. The van der Waals surface area contributed by atoms with Gasteiger partial charge in [-0.2, -0.15) is 0 Å². The molecule has 3 nitrogen and oxygen atoms in total. The number of aromatic nitrogens is 1. The van der Waals surface area contributed by atoms with Crippen LogP contribution < -0.4 is 10.2 Å². The molecule has 2 fully saturated rings. The summed E-state index contributed by atoms with van der Waals surface area (Å²) in [7, 11) is 2.12. The van der Waals surface area contributed by atoms with Crippen LogP contribution in [0.2, 0.25) is 5.02 Å². The van der Waals surface area contributed by atoms with Crippen molar-refractivity contribution >= 4 is 17.4 Å². The van der Waals surface area contributed by atoms with Crippen LogP contribution in [0.1, 0.15) is 50.5 Å². The Hall–Kier alpha value is -0.800. The van der Waals surface area contributed by atoms with Crippen LogP contribution in [0.25, 0.3) is 0 Å². The second kappa shape index (κ2) is 6.97. The van der Waals surface area contributed by atoms with Crippen LogP contribution >= 0.6 is 11.6 Å². The van der Waals surface area contributed by atoms with E-state index in [0.29, 0.717) is 0 Å². The lowest BCUT2D eigenvalue weighted by Crippen LogP contribution is -2.27. The maximum absolute atomic E-state index is 6.44. The Morgan fingerprint density at radius 1 is 1.24 bits per heavy atom. The average Bonchev–Trinajstić information content (AvgIpc) is 3.30. The fourth-order valence-corrected chi connectivity index (χ4v) is 3.57. The Morgan fingerprint density at radius 3 is 2.67 bits per heavy atom. The molecule has 2 aliphatic rings. The Balaban J connectivity index is 1.57. The molecule has 1 heterocycles. The van der Waals surface area contributed by atoms with E-state index >= 15 is 0 Å². The van der Waals surface area contributed by atoms with E-state index in [9.17, 15) is 0 Å².